The first-order valence-electron chi connectivity index (χ1n) is 10.6. The van der Waals surface area contributed by atoms with Crippen LogP contribution >= 0.6 is 0 Å². The molecule has 182 valence electrons. The number of carbonyl (C=O) groups excluding carboxylic acids is 1. The van der Waals surface area contributed by atoms with E-state index in [1.165, 1.54) is 6.92 Å². The second kappa shape index (κ2) is 12.6. The molecule has 0 fully saturated rings. The number of nitrogens with two attached hydrogens (primary N) is 1. The zero-order valence-electron chi connectivity index (χ0n) is 18.7. The Labute approximate surface area is 185 Å². The summed E-state index contributed by atoms with van der Waals surface area (Å²) >= 11 is 0. The third kappa shape index (κ3) is 8.62. The normalized spacial score (nSPS) is 20.9. The number of alkyl halides is 3. The third-order valence-electron chi connectivity index (χ3n) is 4.89. The number of ether oxygens (including phenoxy) is 1. The van der Waals surface area contributed by atoms with Crippen LogP contribution in [0.3, 0.4) is 0 Å². The first-order chi connectivity index (χ1) is 14.9. The number of hydrogen-bond acceptors (Lipinski definition) is 6. The molecule has 2 rings (SSSR count). The van der Waals surface area contributed by atoms with E-state index in [0.29, 0.717) is 6.42 Å². The van der Waals surface area contributed by atoms with Crippen LogP contribution in [-0.2, 0) is 20.7 Å². The highest BCUT2D eigenvalue weighted by molar-refractivity contribution is 5.74. The predicted molar refractivity (Wildman–Crippen MR) is 112 cm³/mol. The van der Waals surface area contributed by atoms with Crippen molar-refractivity contribution in [2.75, 3.05) is 0 Å². The van der Waals surface area contributed by atoms with Gasteiger partial charge in [-0.3, -0.25) is 4.79 Å². The Morgan fingerprint density at radius 2 is 1.94 bits per heavy atom. The number of aliphatic carboxylic acids is 1. The van der Waals surface area contributed by atoms with E-state index >= 15 is 0 Å². The largest absolute Gasteiger partial charge is 0.490 e. The van der Waals surface area contributed by atoms with Gasteiger partial charge in [0.1, 0.15) is 11.5 Å². The van der Waals surface area contributed by atoms with E-state index < -0.39 is 12.1 Å². The fraction of sp³-hybridized carbons (Fsp3) is 0.667. The Morgan fingerprint density at radius 1 is 1.34 bits per heavy atom. The van der Waals surface area contributed by atoms with Crippen LogP contribution in [0, 0.1) is 0 Å². The van der Waals surface area contributed by atoms with Crippen molar-refractivity contribution in [1.29, 1.82) is 0 Å². The molecule has 1 aliphatic rings. The molecule has 0 spiro atoms. The fourth-order valence-electron chi connectivity index (χ4n) is 3.26. The van der Waals surface area contributed by atoms with Gasteiger partial charge in [0.25, 0.3) is 0 Å². The van der Waals surface area contributed by atoms with E-state index in [2.05, 4.69) is 37.3 Å². The molecule has 0 radical (unpaired) electrons. The number of carbonyl (C=O) groups is 2. The zero-order valence-corrected chi connectivity index (χ0v) is 18.7. The maximum absolute atomic E-state index is 11.6. The van der Waals surface area contributed by atoms with E-state index in [0.717, 1.165) is 42.7 Å². The average Bonchev–Trinajstić information content (AvgIpc) is 3.16. The zero-order chi connectivity index (χ0) is 24.5. The van der Waals surface area contributed by atoms with Gasteiger partial charge < -0.3 is 25.4 Å². The topological polar surface area (TPSA) is 128 Å². The van der Waals surface area contributed by atoms with Crippen LogP contribution in [0.2, 0.25) is 0 Å². The highest BCUT2D eigenvalue weighted by Crippen LogP contribution is 2.29. The minimum Gasteiger partial charge on any atom is -0.475 e. The smallest absolute Gasteiger partial charge is 0.475 e. The molecule has 0 saturated carbocycles. The minimum absolute atomic E-state index is 0.0953. The fourth-order valence-corrected chi connectivity index (χ4v) is 3.26. The number of amides is 1. The molecule has 0 bridgehead atoms. The molecule has 0 unspecified atom stereocenters. The van der Waals surface area contributed by atoms with Gasteiger partial charge in [-0.15, -0.1) is 0 Å². The summed E-state index contributed by atoms with van der Waals surface area (Å²) in [4.78, 5) is 20.5. The summed E-state index contributed by atoms with van der Waals surface area (Å²) in [5.41, 5.74) is 8.22. The van der Waals surface area contributed by atoms with E-state index in [9.17, 15) is 18.0 Å². The van der Waals surface area contributed by atoms with Crippen molar-refractivity contribution < 1.29 is 37.1 Å². The lowest BCUT2D eigenvalue weighted by Gasteiger charge is -2.36. The van der Waals surface area contributed by atoms with Crippen LogP contribution in [-0.4, -0.2) is 52.6 Å². The van der Waals surface area contributed by atoms with Crippen molar-refractivity contribution in [3.8, 4) is 0 Å². The number of halogens is 3. The van der Waals surface area contributed by atoms with Gasteiger partial charge >= 0.3 is 12.1 Å². The summed E-state index contributed by atoms with van der Waals surface area (Å²) < 4.78 is 43.4. The van der Waals surface area contributed by atoms with Crippen molar-refractivity contribution in [3.63, 3.8) is 0 Å². The highest BCUT2D eigenvalue weighted by atomic mass is 19.4. The van der Waals surface area contributed by atoms with Gasteiger partial charge in [0.2, 0.25) is 5.91 Å². The molecule has 1 aromatic rings. The van der Waals surface area contributed by atoms with E-state index in [1.54, 1.807) is 0 Å². The number of nitrogens with one attached hydrogen (secondary N) is 1. The van der Waals surface area contributed by atoms with E-state index in [1.807, 2.05) is 6.07 Å². The summed E-state index contributed by atoms with van der Waals surface area (Å²) in [7, 11) is 0. The number of carboxylic acids is 1. The lowest BCUT2D eigenvalue weighted by atomic mass is 9.86. The van der Waals surface area contributed by atoms with Gasteiger partial charge in [0.05, 0.1) is 18.2 Å². The van der Waals surface area contributed by atoms with Gasteiger partial charge in [-0.2, -0.15) is 13.2 Å². The standard InChI is InChI=1S/C19H31N3O3.C2HF3O2/c1-5-8-15-11-17(22-25-15)13-9-16(20)19(21-12(4)23)18(10-13)24-14(6-2)7-3;3-2(4,5)1(6)7/h10-11,14,16,18-19H,5-9,20H2,1-4H3,(H,21,23);(H,6,7)/t16-,18+,19+;/m0./s1. The summed E-state index contributed by atoms with van der Waals surface area (Å²) in [6, 6.07) is 1.52. The van der Waals surface area contributed by atoms with Gasteiger partial charge in [0.15, 0.2) is 0 Å². The number of rotatable bonds is 8. The van der Waals surface area contributed by atoms with Crippen LogP contribution < -0.4 is 11.1 Å². The molecule has 11 heteroatoms. The Kier molecular flexibility index (Phi) is 10.9. The summed E-state index contributed by atoms with van der Waals surface area (Å²) in [6.07, 6.45) is 1.19. The Balaban J connectivity index is 0.000000633. The molecule has 0 aliphatic heterocycles. The molecular weight excluding hydrogens is 431 g/mol. The van der Waals surface area contributed by atoms with Gasteiger partial charge in [-0.1, -0.05) is 25.9 Å². The maximum atomic E-state index is 11.6. The monoisotopic (exact) mass is 463 g/mol. The Morgan fingerprint density at radius 3 is 2.41 bits per heavy atom. The van der Waals surface area contributed by atoms with Crippen LogP contribution in [0.15, 0.2) is 16.7 Å². The molecule has 0 aromatic carbocycles. The minimum atomic E-state index is -5.08. The number of carboxylic acid groups (broad SMARTS) is 1. The van der Waals surface area contributed by atoms with Crippen molar-refractivity contribution >= 4 is 17.4 Å². The molecule has 1 amide bonds. The number of hydrogen-bond donors (Lipinski definition) is 3. The summed E-state index contributed by atoms with van der Waals surface area (Å²) in [6.45, 7) is 7.82. The molecule has 1 aromatic heterocycles. The van der Waals surface area contributed by atoms with E-state index in [-0.39, 0.29) is 30.2 Å². The number of aromatic nitrogens is 1. The van der Waals surface area contributed by atoms with Crippen molar-refractivity contribution in [2.45, 2.75) is 90.3 Å². The van der Waals surface area contributed by atoms with Gasteiger partial charge in [-0.25, -0.2) is 4.79 Å². The first kappa shape index (κ1) is 27.6. The van der Waals surface area contributed by atoms with Crippen molar-refractivity contribution in [3.05, 3.63) is 23.6 Å². The Hall–Kier alpha value is -2.40. The van der Waals surface area contributed by atoms with Crippen LogP contribution in [0.25, 0.3) is 5.57 Å². The molecule has 1 aliphatic carbocycles. The second-order valence-corrected chi connectivity index (χ2v) is 7.56. The highest BCUT2D eigenvalue weighted by Gasteiger charge is 2.38. The second-order valence-electron chi connectivity index (χ2n) is 7.56. The Bertz CT molecular complexity index is 775. The maximum Gasteiger partial charge on any atom is 0.490 e. The molecule has 4 N–H and O–H groups in total. The van der Waals surface area contributed by atoms with Crippen LogP contribution in [0.1, 0.15) is 64.8 Å². The molecule has 0 saturated heterocycles. The SMILES string of the molecule is CCCc1cc(C2=C[C@@H](OC(CC)CC)[C@H](NC(C)=O)[C@@H](N)C2)no1.O=C(O)C(F)(F)F. The van der Waals surface area contributed by atoms with Gasteiger partial charge in [0, 0.05) is 25.5 Å². The predicted octanol–water partition coefficient (Wildman–Crippen LogP) is 3.45. The molecule has 3 atom stereocenters. The van der Waals surface area contributed by atoms with E-state index in [4.69, 9.17) is 24.9 Å². The third-order valence-corrected chi connectivity index (χ3v) is 4.89. The van der Waals surface area contributed by atoms with Crippen LogP contribution in [0.5, 0.6) is 0 Å². The molecule has 32 heavy (non-hydrogen) atoms. The molecule has 1 heterocycles. The average molecular weight is 463 g/mol. The summed E-state index contributed by atoms with van der Waals surface area (Å²) in [5.74, 6) is -1.97. The van der Waals surface area contributed by atoms with Gasteiger partial charge in [-0.05, 0) is 37.3 Å². The molecular formula is C21H32F3N3O5. The first-order valence-corrected chi connectivity index (χ1v) is 10.6. The van der Waals surface area contributed by atoms with Crippen molar-refractivity contribution in [2.24, 2.45) is 5.73 Å². The lowest BCUT2D eigenvalue weighted by Crippen LogP contribution is -2.56. The van der Waals surface area contributed by atoms with Crippen LogP contribution in [0.4, 0.5) is 13.2 Å². The quantitative estimate of drug-likeness (QED) is 0.539. The molecule has 8 nitrogen and oxygen atoms in total. The van der Waals surface area contributed by atoms with Crippen molar-refractivity contribution in [1.82, 2.24) is 10.5 Å². The number of nitrogens with zero attached hydrogens (tertiary/aromatic N) is 1. The number of aryl methyl sites for hydroxylation is 1. The lowest BCUT2D eigenvalue weighted by molar-refractivity contribution is -0.192. The summed E-state index contributed by atoms with van der Waals surface area (Å²) in [5, 5.41) is 14.3.